The van der Waals surface area contributed by atoms with Crippen molar-refractivity contribution in [2.75, 3.05) is 0 Å². The molecule has 3 N–H and O–H groups in total. The van der Waals surface area contributed by atoms with Gasteiger partial charge in [0.05, 0.1) is 18.3 Å². The van der Waals surface area contributed by atoms with Crippen LogP contribution in [0.15, 0.2) is 0 Å². The number of aliphatic hydroxyl groups excluding tert-OH is 3. The van der Waals surface area contributed by atoms with Crippen molar-refractivity contribution in [1.29, 1.82) is 0 Å². The van der Waals surface area contributed by atoms with Crippen LogP contribution in [0.2, 0.25) is 0 Å². The summed E-state index contributed by atoms with van der Waals surface area (Å²) >= 11 is 0. The Kier molecular flexibility index (Phi) is 3.46. The molecule has 3 heteroatoms. The van der Waals surface area contributed by atoms with E-state index in [1.54, 1.807) is 0 Å². The number of hydrogen-bond donors (Lipinski definition) is 3. The standard InChI is InChI=1S/C19H32O3/c1-18-7-5-12(20)9-11(18)3-4-13-14(18)6-8-19(2)15(13)10-16(21)17(19)22/h11-17,20-22H,3-10H2,1-2H3/t11-,12-,13+,14-,15-,16+,17-,18-,19-/m0/s1. The van der Waals surface area contributed by atoms with E-state index in [0.29, 0.717) is 23.2 Å². The van der Waals surface area contributed by atoms with Gasteiger partial charge in [-0.1, -0.05) is 13.8 Å². The van der Waals surface area contributed by atoms with Gasteiger partial charge in [-0.15, -0.1) is 0 Å². The highest BCUT2D eigenvalue weighted by Crippen LogP contribution is 2.66. The highest BCUT2D eigenvalue weighted by molar-refractivity contribution is 5.11. The Morgan fingerprint density at radius 3 is 2.27 bits per heavy atom. The lowest BCUT2D eigenvalue weighted by atomic mass is 9.45. The zero-order valence-electron chi connectivity index (χ0n) is 14.0. The van der Waals surface area contributed by atoms with E-state index >= 15 is 0 Å². The fraction of sp³-hybridized carbons (Fsp3) is 1.00. The fourth-order valence-electron chi connectivity index (χ4n) is 7.22. The maximum atomic E-state index is 10.5. The second-order valence-corrected chi connectivity index (χ2v) is 9.38. The van der Waals surface area contributed by atoms with Crippen LogP contribution in [0.25, 0.3) is 0 Å². The summed E-state index contributed by atoms with van der Waals surface area (Å²) in [5, 5.41) is 30.8. The smallest absolute Gasteiger partial charge is 0.0855 e. The lowest BCUT2D eigenvalue weighted by molar-refractivity contribution is -0.135. The summed E-state index contributed by atoms with van der Waals surface area (Å²) in [7, 11) is 0. The summed E-state index contributed by atoms with van der Waals surface area (Å²) in [6, 6.07) is 0. The van der Waals surface area contributed by atoms with E-state index in [0.717, 1.165) is 38.0 Å². The molecule has 0 aromatic carbocycles. The molecule has 9 atom stereocenters. The molecule has 4 saturated carbocycles. The van der Waals surface area contributed by atoms with Crippen LogP contribution in [-0.2, 0) is 0 Å². The molecule has 4 fully saturated rings. The lowest BCUT2D eigenvalue weighted by Gasteiger charge is -2.60. The fourth-order valence-corrected chi connectivity index (χ4v) is 7.22. The van der Waals surface area contributed by atoms with Crippen molar-refractivity contribution in [1.82, 2.24) is 0 Å². The normalized spacial score (nSPS) is 61.2. The largest absolute Gasteiger partial charge is 0.393 e. The highest BCUT2D eigenvalue weighted by Gasteiger charge is 2.61. The molecule has 0 aromatic rings. The Morgan fingerprint density at radius 1 is 0.773 bits per heavy atom. The quantitative estimate of drug-likeness (QED) is 0.645. The Bertz CT molecular complexity index is 452. The van der Waals surface area contributed by atoms with Gasteiger partial charge >= 0.3 is 0 Å². The molecule has 3 nitrogen and oxygen atoms in total. The average molecular weight is 308 g/mol. The van der Waals surface area contributed by atoms with Crippen molar-refractivity contribution in [3.05, 3.63) is 0 Å². The summed E-state index contributed by atoms with van der Waals surface area (Å²) < 4.78 is 0. The Hall–Kier alpha value is -0.120. The SMILES string of the molecule is C[C@]12CC[C@H](O)C[C@@H]1CC[C@@H]1[C@@H]2CC[C@]2(C)[C@@H](O)[C@H](O)C[C@@H]12. The minimum atomic E-state index is -0.530. The monoisotopic (exact) mass is 308 g/mol. The molecular formula is C19H32O3. The summed E-state index contributed by atoms with van der Waals surface area (Å²) in [5.41, 5.74) is 0.305. The van der Waals surface area contributed by atoms with Crippen LogP contribution in [0.5, 0.6) is 0 Å². The molecule has 4 aliphatic rings. The summed E-state index contributed by atoms with van der Waals surface area (Å²) in [6.45, 7) is 4.69. The first-order valence-electron chi connectivity index (χ1n) is 9.40. The topological polar surface area (TPSA) is 60.7 Å². The van der Waals surface area contributed by atoms with Crippen molar-refractivity contribution < 1.29 is 15.3 Å². The molecular weight excluding hydrogens is 276 g/mol. The molecule has 0 bridgehead atoms. The zero-order valence-corrected chi connectivity index (χ0v) is 14.0. The first-order valence-corrected chi connectivity index (χ1v) is 9.40. The van der Waals surface area contributed by atoms with Gasteiger partial charge in [0.25, 0.3) is 0 Å². The summed E-state index contributed by atoms with van der Waals surface area (Å²) in [6.07, 6.45) is 7.49. The van der Waals surface area contributed by atoms with Crippen molar-refractivity contribution in [3.63, 3.8) is 0 Å². The van der Waals surface area contributed by atoms with Gasteiger partial charge in [-0.3, -0.25) is 0 Å². The Labute approximate surface area is 134 Å². The number of hydrogen-bond acceptors (Lipinski definition) is 3. The molecule has 0 heterocycles. The molecule has 4 aliphatic carbocycles. The van der Waals surface area contributed by atoms with Crippen LogP contribution in [0, 0.1) is 34.5 Å². The molecule has 0 radical (unpaired) electrons. The van der Waals surface area contributed by atoms with E-state index < -0.39 is 12.2 Å². The van der Waals surface area contributed by atoms with Gasteiger partial charge in [0.1, 0.15) is 0 Å². The molecule has 0 amide bonds. The second-order valence-electron chi connectivity index (χ2n) is 9.38. The first-order chi connectivity index (χ1) is 10.4. The van der Waals surface area contributed by atoms with Crippen molar-refractivity contribution >= 4 is 0 Å². The molecule has 0 spiro atoms. The van der Waals surface area contributed by atoms with Crippen LogP contribution >= 0.6 is 0 Å². The second kappa shape index (κ2) is 4.94. The van der Waals surface area contributed by atoms with Gasteiger partial charge in [0, 0.05) is 0 Å². The van der Waals surface area contributed by atoms with E-state index in [4.69, 9.17) is 0 Å². The van der Waals surface area contributed by atoms with E-state index in [9.17, 15) is 15.3 Å². The van der Waals surface area contributed by atoms with Crippen LogP contribution in [0.1, 0.15) is 65.2 Å². The third-order valence-corrected chi connectivity index (χ3v) is 8.61. The van der Waals surface area contributed by atoms with Gasteiger partial charge in [-0.25, -0.2) is 0 Å². The van der Waals surface area contributed by atoms with Crippen LogP contribution in [0.4, 0.5) is 0 Å². The van der Waals surface area contributed by atoms with Crippen LogP contribution in [0.3, 0.4) is 0 Å². The predicted molar refractivity (Wildman–Crippen MR) is 85.1 cm³/mol. The van der Waals surface area contributed by atoms with Crippen molar-refractivity contribution in [2.45, 2.75) is 83.5 Å². The van der Waals surface area contributed by atoms with Crippen LogP contribution < -0.4 is 0 Å². The summed E-state index contributed by atoms with van der Waals surface area (Å²) in [4.78, 5) is 0. The van der Waals surface area contributed by atoms with E-state index in [-0.39, 0.29) is 11.5 Å². The zero-order chi connectivity index (χ0) is 15.7. The third-order valence-electron chi connectivity index (χ3n) is 8.61. The molecule has 4 rings (SSSR count). The minimum absolute atomic E-state index is 0.0715. The third kappa shape index (κ3) is 1.91. The minimum Gasteiger partial charge on any atom is -0.393 e. The van der Waals surface area contributed by atoms with Crippen molar-refractivity contribution in [2.24, 2.45) is 34.5 Å². The Balaban J connectivity index is 1.63. The van der Waals surface area contributed by atoms with E-state index in [1.807, 2.05) is 0 Å². The molecule has 0 saturated heterocycles. The number of fused-ring (bicyclic) bond motifs is 5. The van der Waals surface area contributed by atoms with E-state index in [2.05, 4.69) is 13.8 Å². The van der Waals surface area contributed by atoms with Gasteiger partial charge in [0.2, 0.25) is 0 Å². The van der Waals surface area contributed by atoms with Gasteiger partial charge in [0.15, 0.2) is 0 Å². The highest BCUT2D eigenvalue weighted by atomic mass is 16.3. The van der Waals surface area contributed by atoms with E-state index in [1.165, 1.54) is 19.3 Å². The molecule has 126 valence electrons. The average Bonchev–Trinajstić information content (AvgIpc) is 2.72. The maximum Gasteiger partial charge on any atom is 0.0855 e. The van der Waals surface area contributed by atoms with Gasteiger partial charge < -0.3 is 15.3 Å². The van der Waals surface area contributed by atoms with Crippen LogP contribution in [-0.4, -0.2) is 33.6 Å². The number of aliphatic hydroxyl groups is 3. The molecule has 0 aliphatic heterocycles. The lowest BCUT2D eigenvalue weighted by Crippen LogP contribution is -2.54. The molecule has 0 aromatic heterocycles. The first kappa shape index (κ1) is 15.4. The maximum absolute atomic E-state index is 10.5. The predicted octanol–water partition coefficient (Wildman–Crippen LogP) is 2.72. The molecule has 0 unspecified atom stereocenters. The van der Waals surface area contributed by atoms with Gasteiger partial charge in [-0.2, -0.15) is 0 Å². The van der Waals surface area contributed by atoms with Crippen molar-refractivity contribution in [3.8, 4) is 0 Å². The van der Waals surface area contributed by atoms with Gasteiger partial charge in [-0.05, 0) is 85.9 Å². The molecule has 22 heavy (non-hydrogen) atoms. The Morgan fingerprint density at radius 2 is 1.50 bits per heavy atom. The number of rotatable bonds is 0. The summed E-state index contributed by atoms with van der Waals surface area (Å²) in [5.74, 6) is 2.57.